The van der Waals surface area contributed by atoms with Crippen LogP contribution in [0.15, 0.2) is 72.8 Å². The number of carbonyl (C=O) groups is 3. The van der Waals surface area contributed by atoms with Crippen LogP contribution in [0.25, 0.3) is 0 Å². The fraction of sp³-hybridized carbons (Fsp3) is 0. The minimum absolute atomic E-state index is 0.249. The fourth-order valence-corrected chi connectivity index (χ4v) is 2.77. The second-order valence-electron chi connectivity index (χ2n) is 5.94. The van der Waals surface area contributed by atoms with Crippen molar-refractivity contribution >= 4 is 23.4 Å². The number of nitrogens with one attached hydrogen (secondary N) is 2. The summed E-state index contributed by atoms with van der Waals surface area (Å²) < 4.78 is 5.74. The molecule has 1 aliphatic rings. The number of imide groups is 1. The van der Waals surface area contributed by atoms with Gasteiger partial charge in [-0.1, -0.05) is 24.3 Å². The molecule has 0 aromatic heterocycles. The van der Waals surface area contributed by atoms with Gasteiger partial charge in [-0.3, -0.25) is 19.7 Å². The number of fused-ring (bicyclic) bond motifs is 1. The molecule has 0 bridgehead atoms. The summed E-state index contributed by atoms with van der Waals surface area (Å²) in [7, 11) is 0. The lowest BCUT2D eigenvalue weighted by Crippen LogP contribution is -2.19. The third-order valence-electron chi connectivity index (χ3n) is 4.07. The lowest BCUT2D eigenvalue weighted by atomic mass is 10.1. The Bertz CT molecular complexity index is 1060. The van der Waals surface area contributed by atoms with Crippen LogP contribution in [-0.4, -0.2) is 17.7 Å². The molecule has 3 aromatic rings. The molecule has 3 aromatic carbocycles. The third-order valence-corrected chi connectivity index (χ3v) is 4.07. The van der Waals surface area contributed by atoms with E-state index in [1.54, 1.807) is 30.3 Å². The minimum atomic E-state index is -0.468. The quantitative estimate of drug-likeness (QED) is 0.698. The Balaban J connectivity index is 1.52. The van der Waals surface area contributed by atoms with E-state index in [2.05, 4.69) is 10.6 Å². The lowest BCUT2D eigenvalue weighted by Gasteiger charge is -2.09. The summed E-state index contributed by atoms with van der Waals surface area (Å²) >= 11 is 0. The Morgan fingerprint density at radius 1 is 0.778 bits per heavy atom. The first-order chi connectivity index (χ1) is 13.1. The molecule has 0 atom stereocenters. The van der Waals surface area contributed by atoms with Gasteiger partial charge in [-0.2, -0.15) is 0 Å². The second-order valence-corrected chi connectivity index (χ2v) is 5.94. The van der Waals surface area contributed by atoms with Crippen LogP contribution in [0.2, 0.25) is 0 Å². The van der Waals surface area contributed by atoms with E-state index in [0.29, 0.717) is 28.3 Å². The highest BCUT2D eigenvalue weighted by Gasteiger charge is 2.26. The third kappa shape index (κ3) is 3.41. The monoisotopic (exact) mass is 358 g/mol. The van der Waals surface area contributed by atoms with Crippen molar-refractivity contribution in [3.8, 4) is 11.5 Å². The molecule has 0 aliphatic carbocycles. The maximum absolute atomic E-state index is 12.5. The lowest BCUT2D eigenvalue weighted by molar-refractivity contribution is 0.0878. The van der Waals surface area contributed by atoms with Gasteiger partial charge in [-0.25, -0.2) is 0 Å². The molecule has 0 fully saturated rings. The Kier molecular flexibility index (Phi) is 4.14. The summed E-state index contributed by atoms with van der Waals surface area (Å²) in [5.41, 5.74) is 1.39. The average molecular weight is 358 g/mol. The molecule has 1 heterocycles. The molecule has 6 nitrogen and oxygen atoms in total. The van der Waals surface area contributed by atoms with E-state index in [1.807, 2.05) is 30.3 Å². The number of amides is 3. The number of para-hydroxylation sites is 1. The average Bonchev–Trinajstić information content (AvgIpc) is 2.96. The van der Waals surface area contributed by atoms with Crippen molar-refractivity contribution in [3.05, 3.63) is 89.5 Å². The van der Waals surface area contributed by atoms with Gasteiger partial charge in [0.15, 0.2) is 0 Å². The molecule has 4 rings (SSSR count). The van der Waals surface area contributed by atoms with Crippen LogP contribution in [0.3, 0.4) is 0 Å². The van der Waals surface area contributed by atoms with Crippen molar-refractivity contribution in [2.75, 3.05) is 5.32 Å². The Labute approximate surface area is 154 Å². The van der Waals surface area contributed by atoms with Crippen molar-refractivity contribution in [2.45, 2.75) is 0 Å². The number of ether oxygens (including phenoxy) is 1. The van der Waals surface area contributed by atoms with E-state index in [4.69, 9.17) is 4.74 Å². The van der Waals surface area contributed by atoms with E-state index in [1.165, 1.54) is 12.1 Å². The molecule has 2 N–H and O–H groups in total. The molecule has 0 saturated carbocycles. The van der Waals surface area contributed by atoms with Crippen LogP contribution in [0, 0.1) is 0 Å². The summed E-state index contributed by atoms with van der Waals surface area (Å²) in [6.45, 7) is 0. The van der Waals surface area contributed by atoms with Crippen molar-refractivity contribution in [2.24, 2.45) is 0 Å². The SMILES string of the molecule is O=C(Nc1ccc2c(c1)C(=O)NC2=O)c1cccc(Oc2ccccc2)c1. The van der Waals surface area contributed by atoms with Crippen molar-refractivity contribution < 1.29 is 19.1 Å². The topological polar surface area (TPSA) is 84.5 Å². The maximum atomic E-state index is 12.5. The standard InChI is InChI=1S/C21H14N2O4/c24-19(22-14-9-10-17-18(12-14)21(26)23-20(17)25)13-5-4-8-16(11-13)27-15-6-2-1-3-7-15/h1-12H,(H,22,24)(H,23,25,26). The van der Waals surface area contributed by atoms with Gasteiger partial charge in [0.2, 0.25) is 0 Å². The number of hydrogen-bond donors (Lipinski definition) is 2. The van der Waals surface area contributed by atoms with Gasteiger partial charge in [0.25, 0.3) is 17.7 Å². The van der Waals surface area contributed by atoms with Gasteiger partial charge >= 0.3 is 0 Å². The van der Waals surface area contributed by atoms with Crippen LogP contribution in [-0.2, 0) is 0 Å². The normalized spacial score (nSPS) is 12.3. The molecular weight excluding hydrogens is 344 g/mol. The molecule has 0 radical (unpaired) electrons. The summed E-state index contributed by atoms with van der Waals surface area (Å²) in [5.74, 6) is -0.0432. The van der Waals surface area contributed by atoms with Crippen molar-refractivity contribution in [3.63, 3.8) is 0 Å². The van der Waals surface area contributed by atoms with Crippen LogP contribution >= 0.6 is 0 Å². The van der Waals surface area contributed by atoms with Gasteiger partial charge in [0.1, 0.15) is 11.5 Å². The molecule has 27 heavy (non-hydrogen) atoms. The largest absolute Gasteiger partial charge is 0.457 e. The van der Waals surface area contributed by atoms with E-state index >= 15 is 0 Å². The Hall–Kier alpha value is -3.93. The predicted octanol–water partition coefficient (Wildman–Crippen LogP) is 3.61. The van der Waals surface area contributed by atoms with E-state index in [9.17, 15) is 14.4 Å². The number of anilines is 1. The molecule has 1 aliphatic heterocycles. The second kappa shape index (κ2) is 6.76. The van der Waals surface area contributed by atoms with Gasteiger partial charge in [0.05, 0.1) is 11.1 Å². The zero-order chi connectivity index (χ0) is 18.8. The molecule has 0 spiro atoms. The van der Waals surface area contributed by atoms with E-state index in [0.717, 1.165) is 0 Å². The maximum Gasteiger partial charge on any atom is 0.259 e. The van der Waals surface area contributed by atoms with Gasteiger partial charge in [0, 0.05) is 11.3 Å². The van der Waals surface area contributed by atoms with Gasteiger partial charge in [-0.05, 0) is 48.5 Å². The molecule has 6 heteroatoms. The number of rotatable bonds is 4. The van der Waals surface area contributed by atoms with E-state index in [-0.39, 0.29) is 11.5 Å². The van der Waals surface area contributed by atoms with Crippen LogP contribution < -0.4 is 15.4 Å². The molecule has 0 unspecified atom stereocenters. The number of carbonyl (C=O) groups excluding carboxylic acids is 3. The first-order valence-electron chi connectivity index (χ1n) is 8.24. The molecule has 0 saturated heterocycles. The Morgan fingerprint density at radius 2 is 1.52 bits per heavy atom. The molecule has 132 valence electrons. The summed E-state index contributed by atoms with van der Waals surface area (Å²) in [5, 5.41) is 4.95. The van der Waals surface area contributed by atoms with Gasteiger partial charge < -0.3 is 10.1 Å². The summed E-state index contributed by atoms with van der Waals surface area (Å²) in [6, 6.07) is 20.6. The molecule has 3 amide bonds. The summed E-state index contributed by atoms with van der Waals surface area (Å²) in [4.78, 5) is 35.9. The smallest absolute Gasteiger partial charge is 0.259 e. The first kappa shape index (κ1) is 16.5. The highest BCUT2D eigenvalue weighted by Crippen LogP contribution is 2.23. The van der Waals surface area contributed by atoms with Crippen molar-refractivity contribution in [1.29, 1.82) is 0 Å². The predicted molar refractivity (Wildman–Crippen MR) is 99.1 cm³/mol. The highest BCUT2D eigenvalue weighted by molar-refractivity contribution is 6.22. The zero-order valence-corrected chi connectivity index (χ0v) is 14.1. The first-order valence-corrected chi connectivity index (χ1v) is 8.24. The van der Waals surface area contributed by atoms with Crippen LogP contribution in [0.1, 0.15) is 31.1 Å². The fourth-order valence-electron chi connectivity index (χ4n) is 2.77. The Morgan fingerprint density at radius 3 is 2.33 bits per heavy atom. The summed E-state index contributed by atoms with van der Waals surface area (Å²) in [6.07, 6.45) is 0. The highest BCUT2D eigenvalue weighted by atomic mass is 16.5. The molecular formula is C21H14N2O4. The zero-order valence-electron chi connectivity index (χ0n) is 14.1. The van der Waals surface area contributed by atoms with Crippen LogP contribution in [0.4, 0.5) is 5.69 Å². The van der Waals surface area contributed by atoms with Crippen LogP contribution in [0.5, 0.6) is 11.5 Å². The van der Waals surface area contributed by atoms with E-state index < -0.39 is 11.8 Å². The number of hydrogen-bond acceptors (Lipinski definition) is 4. The van der Waals surface area contributed by atoms with Crippen molar-refractivity contribution in [1.82, 2.24) is 5.32 Å². The minimum Gasteiger partial charge on any atom is -0.457 e. The number of benzene rings is 3. The van der Waals surface area contributed by atoms with Gasteiger partial charge in [-0.15, -0.1) is 0 Å².